The first-order chi connectivity index (χ1) is 10.1. The van der Waals surface area contributed by atoms with Crippen LogP contribution in [0.1, 0.15) is 30.8 Å². The van der Waals surface area contributed by atoms with Crippen LogP contribution in [0.3, 0.4) is 0 Å². The van der Waals surface area contributed by atoms with Gasteiger partial charge in [0.2, 0.25) is 0 Å². The van der Waals surface area contributed by atoms with E-state index < -0.39 is 0 Å². The number of nitrogens with zero attached hydrogens (tertiary/aromatic N) is 2. The summed E-state index contributed by atoms with van der Waals surface area (Å²) in [7, 11) is 1.94. The van der Waals surface area contributed by atoms with Crippen LogP contribution in [0.5, 0.6) is 5.75 Å². The van der Waals surface area contributed by atoms with E-state index in [1.165, 1.54) is 0 Å². The molecule has 0 atom stereocenters. The molecule has 1 N–H and O–H groups in total. The van der Waals surface area contributed by atoms with Gasteiger partial charge in [-0.1, -0.05) is 25.4 Å². The average Bonchev–Trinajstić information content (AvgIpc) is 2.84. The van der Waals surface area contributed by atoms with E-state index in [9.17, 15) is 0 Å². The molecule has 1 heterocycles. The molecule has 0 spiro atoms. The monoisotopic (exact) mass is 307 g/mol. The second kappa shape index (κ2) is 7.48. The zero-order valence-electron chi connectivity index (χ0n) is 12.8. The lowest BCUT2D eigenvalue weighted by atomic mass is 10.2. The molecule has 1 aromatic heterocycles. The summed E-state index contributed by atoms with van der Waals surface area (Å²) in [6, 6.07) is 7.80. The summed E-state index contributed by atoms with van der Waals surface area (Å²) in [4.78, 5) is 0. The highest BCUT2D eigenvalue weighted by Gasteiger charge is 2.08. The molecule has 0 amide bonds. The minimum absolute atomic E-state index is 0.504. The normalized spacial score (nSPS) is 10.9. The largest absolute Gasteiger partial charge is 0.487 e. The highest BCUT2D eigenvalue weighted by atomic mass is 35.5. The molecular formula is C16H22ClN3O. The number of hydrogen-bond donors (Lipinski definition) is 1. The first-order valence-electron chi connectivity index (χ1n) is 7.27. The van der Waals surface area contributed by atoms with Crippen molar-refractivity contribution in [2.75, 3.05) is 6.54 Å². The lowest BCUT2D eigenvalue weighted by molar-refractivity contribution is 0.291. The minimum atomic E-state index is 0.504. The van der Waals surface area contributed by atoms with Crippen LogP contribution in [0.15, 0.2) is 24.3 Å². The molecule has 0 radical (unpaired) electrons. The minimum Gasteiger partial charge on any atom is -0.487 e. The molecule has 2 aromatic rings. The van der Waals surface area contributed by atoms with Gasteiger partial charge in [-0.25, -0.2) is 0 Å². The summed E-state index contributed by atoms with van der Waals surface area (Å²) in [6.45, 7) is 6.34. The van der Waals surface area contributed by atoms with Crippen molar-refractivity contribution in [1.82, 2.24) is 15.1 Å². The summed E-state index contributed by atoms with van der Waals surface area (Å²) in [5.41, 5.74) is 3.22. The summed E-state index contributed by atoms with van der Waals surface area (Å²) in [6.07, 6.45) is 0.931. The zero-order valence-corrected chi connectivity index (χ0v) is 13.6. The summed E-state index contributed by atoms with van der Waals surface area (Å²) in [5, 5.41) is 8.46. The van der Waals surface area contributed by atoms with E-state index in [1.54, 1.807) is 0 Å². The first kappa shape index (κ1) is 15.9. The smallest absolute Gasteiger partial charge is 0.130 e. The Kier molecular flexibility index (Phi) is 5.65. The van der Waals surface area contributed by atoms with Gasteiger partial charge in [0.05, 0.1) is 11.4 Å². The maximum absolute atomic E-state index is 6.06. The van der Waals surface area contributed by atoms with E-state index >= 15 is 0 Å². The maximum Gasteiger partial charge on any atom is 0.130 e. The maximum atomic E-state index is 6.06. The Morgan fingerprint density at radius 1 is 1.29 bits per heavy atom. The van der Waals surface area contributed by atoms with Gasteiger partial charge in [-0.15, -0.1) is 0 Å². The van der Waals surface area contributed by atoms with E-state index in [1.807, 2.05) is 29.9 Å². The fourth-order valence-electron chi connectivity index (χ4n) is 2.12. The van der Waals surface area contributed by atoms with Crippen LogP contribution in [-0.2, 0) is 26.6 Å². The predicted octanol–water partition coefficient (Wildman–Crippen LogP) is 3.32. The fourth-order valence-corrected chi connectivity index (χ4v) is 2.31. The Balaban J connectivity index is 2.09. The summed E-state index contributed by atoms with van der Waals surface area (Å²) >= 11 is 6.06. The molecule has 5 heteroatoms. The van der Waals surface area contributed by atoms with Gasteiger partial charge in [-0.2, -0.15) is 5.10 Å². The van der Waals surface area contributed by atoms with Gasteiger partial charge in [0.25, 0.3) is 0 Å². The number of halogens is 1. The standard InChI is InChI=1S/C16H22ClN3O/c1-4-14-9-15(20(3)19-14)11-21-16-7-6-13(17)8-12(16)10-18-5-2/h6-9,18H,4-5,10-11H2,1-3H3. The molecule has 21 heavy (non-hydrogen) atoms. The average molecular weight is 308 g/mol. The Morgan fingerprint density at radius 3 is 2.76 bits per heavy atom. The third kappa shape index (κ3) is 4.22. The number of nitrogens with one attached hydrogen (secondary N) is 1. The van der Waals surface area contributed by atoms with Crippen LogP contribution in [0, 0.1) is 0 Å². The van der Waals surface area contributed by atoms with Crippen LogP contribution in [-0.4, -0.2) is 16.3 Å². The summed E-state index contributed by atoms with van der Waals surface area (Å²) in [5.74, 6) is 0.861. The number of ether oxygens (including phenoxy) is 1. The lowest BCUT2D eigenvalue weighted by Crippen LogP contribution is -2.13. The van der Waals surface area contributed by atoms with Crippen molar-refractivity contribution < 1.29 is 4.74 Å². The van der Waals surface area contributed by atoms with Crippen LogP contribution in [0.2, 0.25) is 5.02 Å². The van der Waals surface area contributed by atoms with Gasteiger partial charge >= 0.3 is 0 Å². The van der Waals surface area contributed by atoms with E-state index in [4.69, 9.17) is 16.3 Å². The Morgan fingerprint density at radius 2 is 2.10 bits per heavy atom. The molecular weight excluding hydrogens is 286 g/mol. The molecule has 4 nitrogen and oxygen atoms in total. The zero-order chi connectivity index (χ0) is 15.2. The Labute approximate surface area is 131 Å². The SMILES string of the molecule is CCNCc1cc(Cl)ccc1OCc1cc(CC)nn1C. The molecule has 0 unspecified atom stereocenters. The highest BCUT2D eigenvalue weighted by Crippen LogP contribution is 2.24. The number of hydrogen-bond acceptors (Lipinski definition) is 3. The molecule has 0 aliphatic heterocycles. The van der Waals surface area contributed by atoms with E-state index in [0.717, 1.165) is 47.2 Å². The molecule has 0 bridgehead atoms. The van der Waals surface area contributed by atoms with Crippen LogP contribution in [0.25, 0.3) is 0 Å². The number of aryl methyl sites for hydroxylation is 2. The van der Waals surface area contributed by atoms with Crippen molar-refractivity contribution in [3.05, 3.63) is 46.2 Å². The Hall–Kier alpha value is -1.52. The first-order valence-corrected chi connectivity index (χ1v) is 7.65. The molecule has 0 saturated carbocycles. The van der Waals surface area contributed by atoms with E-state index in [-0.39, 0.29) is 0 Å². The lowest BCUT2D eigenvalue weighted by Gasteiger charge is -2.12. The van der Waals surface area contributed by atoms with Crippen molar-refractivity contribution >= 4 is 11.6 Å². The van der Waals surface area contributed by atoms with Gasteiger partial charge in [0.15, 0.2) is 0 Å². The third-order valence-corrected chi connectivity index (χ3v) is 3.59. The van der Waals surface area contributed by atoms with Gasteiger partial charge in [0.1, 0.15) is 12.4 Å². The molecule has 114 valence electrons. The number of rotatable bonds is 7. The van der Waals surface area contributed by atoms with E-state index in [2.05, 4.69) is 30.3 Å². The van der Waals surface area contributed by atoms with Crippen LogP contribution < -0.4 is 10.1 Å². The van der Waals surface area contributed by atoms with Gasteiger partial charge in [-0.3, -0.25) is 4.68 Å². The van der Waals surface area contributed by atoms with Crippen molar-refractivity contribution in [3.8, 4) is 5.75 Å². The van der Waals surface area contributed by atoms with Gasteiger partial charge in [-0.05, 0) is 37.2 Å². The van der Waals surface area contributed by atoms with Crippen LogP contribution >= 0.6 is 11.6 Å². The van der Waals surface area contributed by atoms with Crippen molar-refractivity contribution in [2.45, 2.75) is 33.4 Å². The van der Waals surface area contributed by atoms with Crippen molar-refractivity contribution in [3.63, 3.8) is 0 Å². The fraction of sp³-hybridized carbons (Fsp3) is 0.438. The quantitative estimate of drug-likeness (QED) is 0.853. The van der Waals surface area contributed by atoms with Gasteiger partial charge in [0, 0.05) is 24.2 Å². The highest BCUT2D eigenvalue weighted by molar-refractivity contribution is 6.30. The van der Waals surface area contributed by atoms with Crippen LogP contribution in [0.4, 0.5) is 0 Å². The van der Waals surface area contributed by atoms with E-state index in [0.29, 0.717) is 6.61 Å². The molecule has 0 saturated heterocycles. The molecule has 0 aliphatic rings. The summed E-state index contributed by atoms with van der Waals surface area (Å²) < 4.78 is 7.83. The Bertz CT molecular complexity index is 595. The van der Waals surface area contributed by atoms with Crippen molar-refractivity contribution in [1.29, 1.82) is 0 Å². The third-order valence-electron chi connectivity index (χ3n) is 3.35. The number of aromatic nitrogens is 2. The molecule has 0 fully saturated rings. The second-order valence-corrected chi connectivity index (χ2v) is 5.36. The van der Waals surface area contributed by atoms with Crippen molar-refractivity contribution in [2.24, 2.45) is 7.05 Å². The molecule has 1 aromatic carbocycles. The van der Waals surface area contributed by atoms with Gasteiger partial charge < -0.3 is 10.1 Å². The topological polar surface area (TPSA) is 39.1 Å². The molecule has 2 rings (SSSR count). The number of benzene rings is 1. The predicted molar refractivity (Wildman–Crippen MR) is 85.8 cm³/mol. The second-order valence-electron chi connectivity index (χ2n) is 4.93. The molecule has 0 aliphatic carbocycles.